The van der Waals surface area contributed by atoms with Crippen LogP contribution in [0.2, 0.25) is 0 Å². The van der Waals surface area contributed by atoms with Gasteiger partial charge in [0.25, 0.3) is 0 Å². The van der Waals surface area contributed by atoms with E-state index < -0.39 is 29.5 Å². The Kier molecular flexibility index (Phi) is 6.60. The second kappa shape index (κ2) is 9.45. The number of carbonyl (C=O) groups excluding carboxylic acids is 1. The summed E-state index contributed by atoms with van der Waals surface area (Å²) in [6.45, 7) is 1.40. The largest absolute Gasteiger partial charge is 0.488 e. The minimum atomic E-state index is -5.33. The predicted molar refractivity (Wildman–Crippen MR) is 124 cm³/mol. The molecule has 0 spiro atoms. The molecular weight excluding hydrogens is 464 g/mol. The van der Waals surface area contributed by atoms with E-state index in [0.29, 0.717) is 0 Å². The van der Waals surface area contributed by atoms with Gasteiger partial charge in [-0.2, -0.15) is 8.42 Å². The van der Waals surface area contributed by atoms with Crippen LogP contribution in [0.5, 0.6) is 5.75 Å². The van der Waals surface area contributed by atoms with Crippen molar-refractivity contribution in [2.24, 2.45) is 0 Å². The van der Waals surface area contributed by atoms with Crippen molar-refractivity contribution in [3.63, 3.8) is 0 Å². The smallest absolute Gasteiger partial charge is 0.449 e. The Balaban J connectivity index is 1.46. The van der Waals surface area contributed by atoms with Gasteiger partial charge in [0.2, 0.25) is 0 Å². The number of rotatable bonds is 7. The van der Waals surface area contributed by atoms with Crippen LogP contribution in [0.15, 0.2) is 60.7 Å². The van der Waals surface area contributed by atoms with Gasteiger partial charge in [0.15, 0.2) is 0 Å². The van der Waals surface area contributed by atoms with Crippen LogP contribution in [-0.2, 0) is 21.8 Å². The molecule has 11 heteroatoms. The van der Waals surface area contributed by atoms with Gasteiger partial charge in [-0.3, -0.25) is 0 Å². The SMILES string of the molecule is Cc1c(CNC(=O)OCC2c3ccccc3-c3ccccc32)cc(B(O)O)cc1OS(=O)(=O)F. The van der Waals surface area contributed by atoms with Gasteiger partial charge in [-0.15, -0.1) is 0 Å². The lowest BCUT2D eigenvalue weighted by Crippen LogP contribution is -2.32. The van der Waals surface area contributed by atoms with Crippen LogP contribution >= 0.6 is 0 Å². The number of halogens is 1. The average Bonchev–Trinajstić information content (AvgIpc) is 3.11. The first-order valence-electron chi connectivity index (χ1n) is 10.4. The van der Waals surface area contributed by atoms with Crippen LogP contribution in [0.4, 0.5) is 8.68 Å². The zero-order chi connectivity index (χ0) is 24.5. The Morgan fingerprint density at radius 3 is 2.21 bits per heavy atom. The van der Waals surface area contributed by atoms with E-state index in [1.54, 1.807) is 0 Å². The fraction of sp³-hybridized carbons (Fsp3) is 0.174. The number of nitrogens with one attached hydrogen (secondary N) is 1. The molecule has 0 aromatic heterocycles. The molecule has 0 bridgehead atoms. The van der Waals surface area contributed by atoms with Crippen LogP contribution in [0.1, 0.15) is 28.2 Å². The molecule has 3 aromatic rings. The molecule has 0 saturated carbocycles. The number of alkyl carbamates (subject to hydrolysis) is 1. The standard InChI is InChI=1S/C23H21BFNO7S/c1-14-15(10-16(24(28)29)11-22(14)33-34(25,30)31)12-26-23(27)32-13-21-19-8-4-2-6-17(19)18-7-3-5-9-20(18)21/h2-11,21,28-29H,12-13H2,1H3,(H,26,27). The lowest BCUT2D eigenvalue weighted by molar-refractivity contribution is 0.142. The molecule has 1 amide bonds. The fourth-order valence-corrected chi connectivity index (χ4v) is 4.50. The lowest BCUT2D eigenvalue weighted by Gasteiger charge is -2.16. The molecule has 3 N–H and O–H groups in total. The Morgan fingerprint density at radius 2 is 1.65 bits per heavy atom. The summed E-state index contributed by atoms with van der Waals surface area (Å²) in [5.74, 6) is -0.542. The van der Waals surface area contributed by atoms with Crippen LogP contribution < -0.4 is 15.0 Å². The normalized spacial score (nSPS) is 12.6. The average molecular weight is 485 g/mol. The summed E-state index contributed by atoms with van der Waals surface area (Å²) in [5, 5.41) is 21.4. The van der Waals surface area contributed by atoms with Crippen molar-refractivity contribution in [1.82, 2.24) is 5.32 Å². The maximum Gasteiger partial charge on any atom is 0.488 e. The summed E-state index contributed by atoms with van der Waals surface area (Å²) in [6, 6.07) is 18.1. The Morgan fingerprint density at radius 1 is 1.06 bits per heavy atom. The minimum absolute atomic E-state index is 0.0999. The second-order valence-corrected chi connectivity index (χ2v) is 8.79. The van der Waals surface area contributed by atoms with Gasteiger partial charge in [-0.05, 0) is 51.8 Å². The van der Waals surface area contributed by atoms with E-state index in [2.05, 4.69) is 9.50 Å². The van der Waals surface area contributed by atoms with Crippen LogP contribution in [-0.4, -0.2) is 38.3 Å². The summed E-state index contributed by atoms with van der Waals surface area (Å²) in [4.78, 5) is 12.4. The van der Waals surface area contributed by atoms with Gasteiger partial charge >= 0.3 is 23.7 Å². The van der Waals surface area contributed by atoms with Crippen molar-refractivity contribution in [3.8, 4) is 16.9 Å². The van der Waals surface area contributed by atoms with E-state index in [1.807, 2.05) is 48.5 Å². The molecule has 0 atom stereocenters. The van der Waals surface area contributed by atoms with Gasteiger partial charge in [0, 0.05) is 12.5 Å². The zero-order valence-corrected chi connectivity index (χ0v) is 18.9. The molecule has 0 unspecified atom stereocenters. The summed E-state index contributed by atoms with van der Waals surface area (Å²) >= 11 is 0. The fourth-order valence-electron chi connectivity index (χ4n) is 4.11. The molecule has 176 valence electrons. The molecule has 1 aliphatic carbocycles. The number of carbonyl (C=O) groups is 1. The van der Waals surface area contributed by atoms with Gasteiger partial charge in [-0.1, -0.05) is 58.5 Å². The molecule has 0 aliphatic heterocycles. The summed E-state index contributed by atoms with van der Waals surface area (Å²) in [5.41, 5.74) is 4.67. The van der Waals surface area contributed by atoms with Crippen molar-refractivity contribution >= 4 is 29.2 Å². The van der Waals surface area contributed by atoms with E-state index in [-0.39, 0.29) is 35.7 Å². The monoisotopic (exact) mass is 485 g/mol. The first kappa shape index (κ1) is 23.7. The zero-order valence-electron chi connectivity index (χ0n) is 18.1. The van der Waals surface area contributed by atoms with E-state index >= 15 is 0 Å². The van der Waals surface area contributed by atoms with Gasteiger partial charge < -0.3 is 24.3 Å². The highest BCUT2D eigenvalue weighted by Gasteiger charge is 2.29. The van der Waals surface area contributed by atoms with Crippen LogP contribution in [0, 0.1) is 6.92 Å². The van der Waals surface area contributed by atoms with E-state index in [1.165, 1.54) is 13.0 Å². The quantitative estimate of drug-likeness (QED) is 0.347. The molecule has 1 aliphatic rings. The number of hydrogen-bond donors (Lipinski definition) is 3. The van der Waals surface area contributed by atoms with E-state index in [0.717, 1.165) is 28.3 Å². The minimum Gasteiger partial charge on any atom is -0.449 e. The van der Waals surface area contributed by atoms with Crippen LogP contribution in [0.3, 0.4) is 0 Å². The molecule has 8 nitrogen and oxygen atoms in total. The first-order valence-corrected chi connectivity index (χ1v) is 11.7. The Bertz CT molecular complexity index is 1300. The third kappa shape index (κ3) is 5.06. The molecule has 0 fully saturated rings. The molecular formula is C23H21BFNO7S. The van der Waals surface area contributed by atoms with Crippen molar-refractivity contribution in [2.75, 3.05) is 6.61 Å². The topological polar surface area (TPSA) is 122 Å². The van der Waals surface area contributed by atoms with Crippen molar-refractivity contribution < 1.29 is 36.1 Å². The molecule has 34 heavy (non-hydrogen) atoms. The predicted octanol–water partition coefficient (Wildman–Crippen LogP) is 2.31. The maximum absolute atomic E-state index is 13.0. The number of hydrogen-bond acceptors (Lipinski definition) is 7. The molecule has 4 rings (SSSR count). The Labute approximate surface area is 196 Å². The van der Waals surface area contributed by atoms with Crippen molar-refractivity contribution in [2.45, 2.75) is 19.4 Å². The Hall–Kier alpha value is -3.41. The summed E-state index contributed by atoms with van der Waals surface area (Å²) in [7, 11) is -7.29. The number of benzene rings is 3. The molecule has 3 aromatic carbocycles. The van der Waals surface area contributed by atoms with Crippen molar-refractivity contribution in [3.05, 3.63) is 82.9 Å². The molecule has 0 heterocycles. The second-order valence-electron chi connectivity index (χ2n) is 7.83. The third-order valence-corrected chi connectivity index (χ3v) is 6.12. The summed E-state index contributed by atoms with van der Waals surface area (Å²) in [6.07, 6.45) is -0.725. The lowest BCUT2D eigenvalue weighted by atomic mass is 9.78. The van der Waals surface area contributed by atoms with Gasteiger partial charge in [0.05, 0.1) is 0 Å². The van der Waals surface area contributed by atoms with Crippen LogP contribution in [0.25, 0.3) is 11.1 Å². The highest BCUT2D eigenvalue weighted by atomic mass is 32.3. The van der Waals surface area contributed by atoms with E-state index in [9.17, 15) is 27.1 Å². The van der Waals surface area contributed by atoms with Gasteiger partial charge in [-0.25, -0.2) is 4.79 Å². The van der Waals surface area contributed by atoms with Crippen molar-refractivity contribution in [1.29, 1.82) is 0 Å². The highest BCUT2D eigenvalue weighted by Crippen LogP contribution is 2.44. The third-order valence-electron chi connectivity index (χ3n) is 5.74. The number of fused-ring (bicyclic) bond motifs is 3. The highest BCUT2D eigenvalue weighted by molar-refractivity contribution is 7.81. The summed E-state index contributed by atoms with van der Waals surface area (Å²) < 4.78 is 44.6. The number of ether oxygens (including phenoxy) is 1. The van der Waals surface area contributed by atoms with E-state index in [4.69, 9.17) is 4.74 Å². The molecule has 0 saturated heterocycles. The first-order chi connectivity index (χ1) is 16.1. The maximum atomic E-state index is 13.0. The van der Waals surface area contributed by atoms with Gasteiger partial charge in [0.1, 0.15) is 12.4 Å². The molecule has 0 radical (unpaired) electrons. The number of amides is 1.